The van der Waals surface area contributed by atoms with Crippen molar-refractivity contribution in [2.45, 2.75) is 43.9 Å². The van der Waals surface area contributed by atoms with Gasteiger partial charge in [-0.2, -0.15) is 0 Å². The van der Waals surface area contributed by atoms with Crippen molar-refractivity contribution in [2.75, 3.05) is 5.32 Å². The van der Waals surface area contributed by atoms with Crippen LogP contribution < -0.4 is 5.32 Å². The molecule has 0 fully saturated rings. The van der Waals surface area contributed by atoms with E-state index < -0.39 is 9.84 Å². The molecule has 6 heteroatoms. The zero-order valence-corrected chi connectivity index (χ0v) is 18.3. The van der Waals surface area contributed by atoms with E-state index in [0.29, 0.717) is 16.8 Å². The van der Waals surface area contributed by atoms with Gasteiger partial charge in [0, 0.05) is 5.69 Å². The number of anilines is 1. The summed E-state index contributed by atoms with van der Waals surface area (Å²) < 4.78 is 26.4. The van der Waals surface area contributed by atoms with E-state index in [9.17, 15) is 18.3 Å². The number of hydrogen-bond donors (Lipinski definition) is 2. The standard InChI is InChI=1S/C24H25NO4S/c1-15-5-9-19(10-6-15)14-22(27)25-23-17(3)13-21(26)24(18(23)4)30(28,29)20-11-7-16(2)8-12-20/h5-13,26H,14H2,1-4H3,(H,25,27). The smallest absolute Gasteiger partial charge is 0.228 e. The third-order valence-electron chi connectivity index (χ3n) is 5.05. The van der Waals surface area contributed by atoms with Crippen LogP contribution in [0.4, 0.5) is 5.69 Å². The topological polar surface area (TPSA) is 83.5 Å². The number of carbonyl (C=O) groups excluding carboxylic acids is 1. The molecule has 156 valence electrons. The van der Waals surface area contributed by atoms with Gasteiger partial charge in [0.25, 0.3) is 0 Å². The van der Waals surface area contributed by atoms with E-state index in [0.717, 1.165) is 16.7 Å². The van der Waals surface area contributed by atoms with Gasteiger partial charge in [-0.25, -0.2) is 8.42 Å². The molecule has 0 radical (unpaired) electrons. The lowest BCUT2D eigenvalue weighted by Crippen LogP contribution is -2.17. The summed E-state index contributed by atoms with van der Waals surface area (Å²) in [6.45, 7) is 7.15. The molecule has 0 atom stereocenters. The number of carbonyl (C=O) groups is 1. The molecule has 1 amide bonds. The fourth-order valence-corrected chi connectivity index (χ4v) is 4.96. The summed E-state index contributed by atoms with van der Waals surface area (Å²) in [5, 5.41) is 13.3. The van der Waals surface area contributed by atoms with E-state index in [1.807, 2.05) is 38.1 Å². The van der Waals surface area contributed by atoms with Crippen molar-refractivity contribution in [3.63, 3.8) is 0 Å². The first kappa shape index (κ1) is 21.6. The van der Waals surface area contributed by atoms with Crippen LogP contribution in [0.1, 0.15) is 27.8 Å². The highest BCUT2D eigenvalue weighted by molar-refractivity contribution is 7.91. The summed E-state index contributed by atoms with van der Waals surface area (Å²) in [4.78, 5) is 12.5. The van der Waals surface area contributed by atoms with Gasteiger partial charge in [-0.15, -0.1) is 0 Å². The normalized spacial score (nSPS) is 11.3. The van der Waals surface area contributed by atoms with E-state index in [4.69, 9.17) is 0 Å². The molecular weight excluding hydrogens is 398 g/mol. The number of amides is 1. The maximum atomic E-state index is 13.2. The van der Waals surface area contributed by atoms with Gasteiger partial charge >= 0.3 is 0 Å². The number of benzene rings is 3. The molecule has 0 saturated heterocycles. The Labute approximate surface area is 177 Å². The number of aromatic hydroxyl groups is 1. The van der Waals surface area contributed by atoms with E-state index in [-0.39, 0.29) is 27.9 Å². The molecule has 0 unspecified atom stereocenters. The Balaban J connectivity index is 1.98. The molecule has 0 bridgehead atoms. The largest absolute Gasteiger partial charge is 0.507 e. The van der Waals surface area contributed by atoms with Gasteiger partial charge < -0.3 is 10.4 Å². The van der Waals surface area contributed by atoms with Crippen molar-refractivity contribution in [3.8, 4) is 5.75 Å². The predicted octanol–water partition coefficient (Wildman–Crippen LogP) is 4.64. The SMILES string of the molecule is Cc1ccc(CC(=O)Nc2c(C)cc(O)c(S(=O)(=O)c3ccc(C)cc3)c2C)cc1. The lowest BCUT2D eigenvalue weighted by molar-refractivity contribution is -0.115. The molecule has 30 heavy (non-hydrogen) atoms. The van der Waals surface area contributed by atoms with Crippen molar-refractivity contribution >= 4 is 21.4 Å². The van der Waals surface area contributed by atoms with E-state index in [1.165, 1.54) is 18.2 Å². The molecule has 0 spiro atoms. The molecule has 3 aromatic rings. The zero-order chi connectivity index (χ0) is 22.1. The molecule has 0 heterocycles. The monoisotopic (exact) mass is 423 g/mol. The highest BCUT2D eigenvalue weighted by Gasteiger charge is 2.27. The molecule has 0 saturated carbocycles. The van der Waals surface area contributed by atoms with Gasteiger partial charge in [-0.1, -0.05) is 47.5 Å². The van der Waals surface area contributed by atoms with Crippen LogP contribution >= 0.6 is 0 Å². The van der Waals surface area contributed by atoms with Gasteiger partial charge in [0.2, 0.25) is 15.7 Å². The average molecular weight is 424 g/mol. The van der Waals surface area contributed by atoms with Gasteiger partial charge in [0.15, 0.2) is 0 Å². The highest BCUT2D eigenvalue weighted by Crippen LogP contribution is 2.37. The van der Waals surface area contributed by atoms with E-state index in [1.54, 1.807) is 26.0 Å². The van der Waals surface area contributed by atoms with Crippen molar-refractivity contribution in [3.05, 3.63) is 82.4 Å². The van der Waals surface area contributed by atoms with Crippen LogP contribution in [0.3, 0.4) is 0 Å². The van der Waals surface area contributed by atoms with Crippen molar-refractivity contribution < 1.29 is 18.3 Å². The highest BCUT2D eigenvalue weighted by atomic mass is 32.2. The number of phenolic OH excluding ortho intramolecular Hbond substituents is 1. The van der Waals surface area contributed by atoms with E-state index >= 15 is 0 Å². The van der Waals surface area contributed by atoms with Crippen molar-refractivity contribution in [2.24, 2.45) is 0 Å². The Kier molecular flexibility index (Phi) is 5.99. The molecule has 3 rings (SSSR count). The minimum atomic E-state index is -3.96. The number of sulfone groups is 1. The Morgan fingerprint density at radius 3 is 2.00 bits per heavy atom. The molecule has 2 N–H and O–H groups in total. The summed E-state index contributed by atoms with van der Waals surface area (Å²) in [5.41, 5.74) is 4.20. The minimum Gasteiger partial charge on any atom is -0.507 e. The molecular formula is C24H25NO4S. The maximum absolute atomic E-state index is 13.2. The number of aryl methyl sites for hydroxylation is 3. The van der Waals surface area contributed by atoms with Crippen LogP contribution in [0, 0.1) is 27.7 Å². The summed E-state index contributed by atoms with van der Waals surface area (Å²) in [7, 11) is -3.96. The van der Waals surface area contributed by atoms with Gasteiger partial charge in [-0.3, -0.25) is 4.79 Å². The number of rotatable bonds is 5. The Morgan fingerprint density at radius 2 is 1.43 bits per heavy atom. The lowest BCUT2D eigenvalue weighted by atomic mass is 10.1. The number of phenols is 1. The van der Waals surface area contributed by atoms with Gasteiger partial charge in [0.05, 0.1) is 11.3 Å². The first-order chi connectivity index (χ1) is 14.1. The van der Waals surface area contributed by atoms with Crippen molar-refractivity contribution in [1.82, 2.24) is 0 Å². The first-order valence-electron chi connectivity index (χ1n) is 9.60. The fourth-order valence-electron chi connectivity index (χ4n) is 3.39. The Morgan fingerprint density at radius 1 is 0.900 bits per heavy atom. The van der Waals surface area contributed by atoms with Gasteiger partial charge in [0.1, 0.15) is 10.6 Å². The fraction of sp³-hybridized carbons (Fsp3) is 0.208. The second-order valence-corrected chi connectivity index (χ2v) is 9.46. The lowest BCUT2D eigenvalue weighted by Gasteiger charge is -2.17. The third kappa shape index (κ3) is 4.39. The average Bonchev–Trinajstić information content (AvgIpc) is 2.67. The third-order valence-corrected chi connectivity index (χ3v) is 6.99. The second-order valence-electron chi connectivity index (χ2n) is 7.57. The van der Waals surface area contributed by atoms with Crippen LogP contribution in [-0.4, -0.2) is 19.4 Å². The zero-order valence-electron chi connectivity index (χ0n) is 17.5. The first-order valence-corrected chi connectivity index (χ1v) is 11.1. The number of nitrogens with one attached hydrogen (secondary N) is 1. The van der Waals surface area contributed by atoms with Crippen molar-refractivity contribution in [1.29, 1.82) is 0 Å². The predicted molar refractivity (Wildman–Crippen MR) is 118 cm³/mol. The summed E-state index contributed by atoms with van der Waals surface area (Å²) >= 11 is 0. The maximum Gasteiger partial charge on any atom is 0.228 e. The Hall–Kier alpha value is -3.12. The van der Waals surface area contributed by atoms with Gasteiger partial charge in [-0.05, 0) is 62.6 Å². The quantitative estimate of drug-likeness (QED) is 0.586. The van der Waals surface area contributed by atoms with Crippen LogP contribution in [0.2, 0.25) is 0 Å². The molecule has 5 nitrogen and oxygen atoms in total. The molecule has 0 aliphatic carbocycles. The summed E-state index contributed by atoms with van der Waals surface area (Å²) in [5.74, 6) is -0.587. The summed E-state index contributed by atoms with van der Waals surface area (Å²) in [6, 6.07) is 15.5. The van der Waals surface area contributed by atoms with Crippen LogP contribution in [-0.2, 0) is 21.1 Å². The number of hydrogen-bond acceptors (Lipinski definition) is 4. The molecule has 3 aromatic carbocycles. The molecule has 0 aliphatic heterocycles. The second kappa shape index (κ2) is 8.32. The van der Waals surface area contributed by atoms with Crippen LogP contribution in [0.5, 0.6) is 5.75 Å². The minimum absolute atomic E-state index is 0.0901. The van der Waals surface area contributed by atoms with Crippen LogP contribution in [0.25, 0.3) is 0 Å². The molecule has 0 aliphatic rings. The van der Waals surface area contributed by atoms with E-state index in [2.05, 4.69) is 5.32 Å². The summed E-state index contributed by atoms with van der Waals surface area (Å²) in [6.07, 6.45) is 0.167. The van der Waals surface area contributed by atoms with Crippen LogP contribution in [0.15, 0.2) is 64.4 Å². The Bertz CT molecular complexity index is 1200. The molecule has 0 aromatic heterocycles.